The molecule has 0 atom stereocenters. The Morgan fingerprint density at radius 3 is 2.47 bits per heavy atom. The van der Waals surface area contributed by atoms with Crippen LogP contribution in [0.5, 0.6) is 0 Å². The second-order valence-electron chi connectivity index (χ2n) is 4.09. The lowest BCUT2D eigenvalue weighted by molar-refractivity contribution is -0.138. The van der Waals surface area contributed by atoms with Crippen LogP contribution in [-0.4, -0.2) is 30.1 Å². The van der Waals surface area contributed by atoms with Gasteiger partial charge < -0.3 is 16.2 Å². The highest BCUT2D eigenvalue weighted by Crippen LogP contribution is 2.39. The number of carboxylic acids is 1. The molecule has 0 heterocycles. The molecule has 5 nitrogen and oxygen atoms in total. The summed E-state index contributed by atoms with van der Waals surface area (Å²) in [6.45, 7) is 0.810. The van der Waals surface area contributed by atoms with Crippen molar-refractivity contribution in [3.05, 3.63) is 0 Å². The first-order valence-electron chi connectivity index (χ1n) is 5.31. The van der Waals surface area contributed by atoms with Gasteiger partial charge in [-0.25, -0.2) is 0 Å². The van der Waals surface area contributed by atoms with Crippen molar-refractivity contribution >= 4 is 11.9 Å². The molecular weight excluding hydrogens is 196 g/mol. The second-order valence-corrected chi connectivity index (χ2v) is 4.09. The number of aliphatic carboxylic acids is 1. The van der Waals surface area contributed by atoms with E-state index in [0.29, 0.717) is 19.5 Å². The van der Waals surface area contributed by atoms with E-state index in [-0.39, 0.29) is 17.7 Å². The number of rotatable bonds is 6. The molecule has 1 aliphatic carbocycles. The van der Waals surface area contributed by atoms with Crippen LogP contribution in [0.15, 0.2) is 0 Å². The van der Waals surface area contributed by atoms with Crippen molar-refractivity contribution < 1.29 is 14.7 Å². The molecule has 0 radical (unpaired) electrons. The summed E-state index contributed by atoms with van der Waals surface area (Å²) in [6.07, 6.45) is 3.33. The summed E-state index contributed by atoms with van der Waals surface area (Å²) in [5.41, 5.74) is 5.21. The number of carboxylic acid groups (broad SMARTS) is 1. The molecule has 4 N–H and O–H groups in total. The summed E-state index contributed by atoms with van der Waals surface area (Å²) in [5, 5.41) is 11.2. The van der Waals surface area contributed by atoms with E-state index in [4.69, 9.17) is 10.8 Å². The topological polar surface area (TPSA) is 92.4 Å². The van der Waals surface area contributed by atoms with Crippen LogP contribution in [0, 0.1) is 5.41 Å². The van der Waals surface area contributed by atoms with Crippen molar-refractivity contribution in [3.63, 3.8) is 0 Å². The predicted octanol–water partition coefficient (Wildman–Crippen LogP) is 0.0964. The number of amides is 1. The Kier molecular flexibility index (Phi) is 4.08. The Morgan fingerprint density at radius 2 is 2.07 bits per heavy atom. The van der Waals surface area contributed by atoms with Crippen LogP contribution in [0.25, 0.3) is 0 Å². The maximum atomic E-state index is 11.7. The van der Waals surface area contributed by atoms with E-state index < -0.39 is 5.97 Å². The van der Waals surface area contributed by atoms with Crippen LogP contribution in [0.1, 0.15) is 32.1 Å². The first-order valence-corrected chi connectivity index (χ1v) is 5.31. The van der Waals surface area contributed by atoms with Gasteiger partial charge in [0.1, 0.15) is 0 Å². The summed E-state index contributed by atoms with van der Waals surface area (Å²) >= 11 is 0. The molecular formula is C10H18N2O3. The lowest BCUT2D eigenvalue weighted by atomic mass is 9.68. The molecule has 1 rings (SSSR count). The van der Waals surface area contributed by atoms with Crippen LogP contribution in [0.3, 0.4) is 0 Å². The average molecular weight is 214 g/mol. The fourth-order valence-corrected chi connectivity index (χ4v) is 1.76. The van der Waals surface area contributed by atoms with Gasteiger partial charge >= 0.3 is 5.97 Å². The van der Waals surface area contributed by atoms with Gasteiger partial charge in [-0.2, -0.15) is 0 Å². The highest BCUT2D eigenvalue weighted by molar-refractivity contribution is 5.83. The molecule has 1 fully saturated rings. The molecule has 0 saturated heterocycles. The monoisotopic (exact) mass is 214 g/mol. The summed E-state index contributed by atoms with van der Waals surface area (Å²) in [7, 11) is 0. The minimum absolute atomic E-state index is 0.0124. The molecule has 0 spiro atoms. The Morgan fingerprint density at radius 1 is 1.40 bits per heavy atom. The fourth-order valence-electron chi connectivity index (χ4n) is 1.76. The van der Waals surface area contributed by atoms with Crippen molar-refractivity contribution in [3.8, 4) is 0 Å². The molecule has 1 aliphatic rings. The SMILES string of the molecule is NCC1(C(=O)NCCCC(=O)O)CCC1. The molecule has 1 saturated carbocycles. The summed E-state index contributed by atoms with van der Waals surface area (Å²) in [6, 6.07) is 0. The van der Waals surface area contributed by atoms with E-state index in [0.717, 1.165) is 19.3 Å². The van der Waals surface area contributed by atoms with Gasteiger partial charge in [0.25, 0.3) is 0 Å². The van der Waals surface area contributed by atoms with E-state index >= 15 is 0 Å². The van der Waals surface area contributed by atoms with Crippen LogP contribution >= 0.6 is 0 Å². The average Bonchev–Trinajstić information content (AvgIpc) is 2.11. The molecule has 1 amide bonds. The molecule has 15 heavy (non-hydrogen) atoms. The van der Waals surface area contributed by atoms with Gasteiger partial charge in [0.15, 0.2) is 0 Å². The van der Waals surface area contributed by atoms with Gasteiger partial charge in [-0.1, -0.05) is 6.42 Å². The molecule has 0 unspecified atom stereocenters. The van der Waals surface area contributed by atoms with Crippen LogP contribution in [0.2, 0.25) is 0 Å². The molecule has 0 aromatic carbocycles. The summed E-state index contributed by atoms with van der Waals surface area (Å²) in [4.78, 5) is 21.9. The molecule has 0 aromatic heterocycles. The zero-order valence-electron chi connectivity index (χ0n) is 8.79. The number of hydrogen-bond acceptors (Lipinski definition) is 3. The third-order valence-corrected chi connectivity index (χ3v) is 3.04. The highest BCUT2D eigenvalue weighted by atomic mass is 16.4. The van der Waals surface area contributed by atoms with Gasteiger partial charge in [0.05, 0.1) is 5.41 Å². The number of nitrogens with two attached hydrogens (primary N) is 1. The molecule has 0 bridgehead atoms. The van der Waals surface area contributed by atoms with Crippen molar-refractivity contribution in [1.82, 2.24) is 5.32 Å². The summed E-state index contributed by atoms with van der Waals surface area (Å²) in [5.74, 6) is -0.844. The van der Waals surface area contributed by atoms with Gasteiger partial charge in [0, 0.05) is 19.5 Å². The molecule has 0 aliphatic heterocycles. The third kappa shape index (κ3) is 2.92. The Bertz CT molecular complexity index is 244. The van der Waals surface area contributed by atoms with E-state index in [2.05, 4.69) is 5.32 Å². The molecule has 0 aromatic rings. The zero-order valence-corrected chi connectivity index (χ0v) is 8.79. The number of carbonyl (C=O) groups excluding carboxylic acids is 1. The minimum Gasteiger partial charge on any atom is -0.481 e. The zero-order chi connectivity index (χ0) is 11.3. The smallest absolute Gasteiger partial charge is 0.303 e. The summed E-state index contributed by atoms with van der Waals surface area (Å²) < 4.78 is 0. The highest BCUT2D eigenvalue weighted by Gasteiger charge is 2.42. The van der Waals surface area contributed by atoms with Crippen LogP contribution in [-0.2, 0) is 9.59 Å². The van der Waals surface area contributed by atoms with Gasteiger partial charge in [0.2, 0.25) is 5.91 Å². The first-order chi connectivity index (χ1) is 7.10. The number of hydrogen-bond donors (Lipinski definition) is 3. The Balaban J connectivity index is 2.21. The lowest BCUT2D eigenvalue weighted by Gasteiger charge is -2.39. The van der Waals surface area contributed by atoms with Gasteiger partial charge in [-0.3, -0.25) is 9.59 Å². The third-order valence-electron chi connectivity index (χ3n) is 3.04. The fraction of sp³-hybridized carbons (Fsp3) is 0.800. The Labute approximate surface area is 89.0 Å². The largest absolute Gasteiger partial charge is 0.481 e. The van der Waals surface area contributed by atoms with E-state index in [1.807, 2.05) is 0 Å². The van der Waals surface area contributed by atoms with Gasteiger partial charge in [-0.05, 0) is 19.3 Å². The molecule has 86 valence electrons. The normalized spacial score (nSPS) is 17.9. The van der Waals surface area contributed by atoms with Crippen LogP contribution < -0.4 is 11.1 Å². The standard InChI is InChI=1S/C10H18N2O3/c11-7-10(4-2-5-10)9(15)12-6-1-3-8(13)14/h1-7,11H2,(H,12,15)(H,13,14). The minimum atomic E-state index is -0.832. The Hall–Kier alpha value is -1.10. The second kappa shape index (κ2) is 5.11. The number of nitrogens with one attached hydrogen (secondary N) is 1. The quantitative estimate of drug-likeness (QED) is 0.547. The number of carbonyl (C=O) groups is 2. The lowest BCUT2D eigenvalue weighted by Crippen LogP contribution is -2.50. The van der Waals surface area contributed by atoms with Gasteiger partial charge in [-0.15, -0.1) is 0 Å². The van der Waals surface area contributed by atoms with Crippen molar-refractivity contribution in [2.24, 2.45) is 11.1 Å². The maximum Gasteiger partial charge on any atom is 0.303 e. The van der Waals surface area contributed by atoms with E-state index in [1.165, 1.54) is 0 Å². The van der Waals surface area contributed by atoms with E-state index in [9.17, 15) is 9.59 Å². The van der Waals surface area contributed by atoms with Crippen molar-refractivity contribution in [2.45, 2.75) is 32.1 Å². The first kappa shape index (κ1) is 12.0. The van der Waals surface area contributed by atoms with Crippen molar-refractivity contribution in [1.29, 1.82) is 0 Å². The van der Waals surface area contributed by atoms with Crippen LogP contribution in [0.4, 0.5) is 0 Å². The van der Waals surface area contributed by atoms with E-state index in [1.54, 1.807) is 0 Å². The predicted molar refractivity (Wildman–Crippen MR) is 55.2 cm³/mol. The maximum absolute atomic E-state index is 11.7. The van der Waals surface area contributed by atoms with Crippen molar-refractivity contribution in [2.75, 3.05) is 13.1 Å². The molecule has 5 heteroatoms.